The third-order valence-corrected chi connectivity index (χ3v) is 5.68. The summed E-state index contributed by atoms with van der Waals surface area (Å²) in [6.45, 7) is 4.07. The van der Waals surface area contributed by atoms with Gasteiger partial charge in [-0.25, -0.2) is 0 Å². The zero-order valence-corrected chi connectivity index (χ0v) is 17.3. The van der Waals surface area contributed by atoms with Gasteiger partial charge in [0.15, 0.2) is 0 Å². The fourth-order valence-electron chi connectivity index (χ4n) is 3.17. The van der Waals surface area contributed by atoms with E-state index in [0.717, 1.165) is 33.4 Å². The van der Waals surface area contributed by atoms with Gasteiger partial charge in [-0.05, 0) is 49.7 Å². The Kier molecular flexibility index (Phi) is 6.22. The van der Waals surface area contributed by atoms with Crippen molar-refractivity contribution in [2.24, 2.45) is 0 Å². The summed E-state index contributed by atoms with van der Waals surface area (Å²) in [5, 5.41) is 3.88. The second-order valence-electron chi connectivity index (χ2n) is 7.21. The van der Waals surface area contributed by atoms with Crippen LogP contribution in [0.15, 0.2) is 42.5 Å². The van der Waals surface area contributed by atoms with Crippen LogP contribution in [-0.4, -0.2) is 24.4 Å². The summed E-state index contributed by atoms with van der Waals surface area (Å²) < 4.78 is 11.4. The number of ether oxygens (including phenoxy) is 2. The Morgan fingerprint density at radius 2 is 2.04 bits per heavy atom. The predicted molar refractivity (Wildman–Crippen MR) is 111 cm³/mol. The standard InChI is InChI=1S/C21H24ClNO3S/c1-21(2)11-18(17-10-16(25-3)8-9-19(17)26-21)23-20(24)13-27-12-14-4-6-15(22)7-5-14/h4-10,18H,11-13H2,1-3H3,(H,23,24). The average molecular weight is 406 g/mol. The molecule has 0 radical (unpaired) electrons. The summed E-state index contributed by atoms with van der Waals surface area (Å²) in [5.74, 6) is 2.75. The summed E-state index contributed by atoms with van der Waals surface area (Å²) in [6, 6.07) is 13.3. The Balaban J connectivity index is 1.62. The molecule has 1 atom stereocenters. The lowest BCUT2D eigenvalue weighted by atomic mass is 9.89. The van der Waals surface area contributed by atoms with Gasteiger partial charge in [0.2, 0.25) is 5.91 Å². The van der Waals surface area contributed by atoms with Crippen molar-refractivity contribution in [1.82, 2.24) is 5.32 Å². The normalized spacial score (nSPS) is 17.6. The first-order valence-electron chi connectivity index (χ1n) is 8.85. The van der Waals surface area contributed by atoms with Gasteiger partial charge in [-0.3, -0.25) is 4.79 Å². The minimum atomic E-state index is -0.337. The summed E-state index contributed by atoms with van der Waals surface area (Å²) in [4.78, 5) is 12.5. The molecule has 0 aliphatic carbocycles. The Bertz CT molecular complexity index is 808. The van der Waals surface area contributed by atoms with Crippen molar-refractivity contribution < 1.29 is 14.3 Å². The first kappa shape index (κ1) is 19.9. The smallest absolute Gasteiger partial charge is 0.230 e. The number of fused-ring (bicyclic) bond motifs is 1. The minimum absolute atomic E-state index is 0.0189. The molecule has 3 rings (SSSR count). The Labute approximate surface area is 169 Å². The Hall–Kier alpha value is -1.85. The minimum Gasteiger partial charge on any atom is -0.497 e. The van der Waals surface area contributed by atoms with E-state index in [1.807, 2.05) is 56.3 Å². The van der Waals surface area contributed by atoms with Gasteiger partial charge in [0, 0.05) is 22.8 Å². The monoisotopic (exact) mass is 405 g/mol. The molecule has 2 aromatic rings. The van der Waals surface area contributed by atoms with Crippen molar-refractivity contribution >= 4 is 29.3 Å². The average Bonchev–Trinajstić information content (AvgIpc) is 2.62. The number of benzene rings is 2. The number of thioether (sulfide) groups is 1. The second-order valence-corrected chi connectivity index (χ2v) is 8.63. The van der Waals surface area contributed by atoms with E-state index >= 15 is 0 Å². The van der Waals surface area contributed by atoms with E-state index in [-0.39, 0.29) is 17.6 Å². The fourth-order valence-corrected chi connectivity index (χ4v) is 4.09. The number of hydrogen-bond donors (Lipinski definition) is 1. The Morgan fingerprint density at radius 1 is 1.30 bits per heavy atom. The third kappa shape index (κ3) is 5.33. The van der Waals surface area contributed by atoms with Gasteiger partial charge < -0.3 is 14.8 Å². The molecule has 0 saturated heterocycles. The van der Waals surface area contributed by atoms with Gasteiger partial charge in [-0.1, -0.05) is 23.7 Å². The lowest BCUT2D eigenvalue weighted by Crippen LogP contribution is -2.41. The van der Waals surface area contributed by atoms with Crippen molar-refractivity contribution in [3.63, 3.8) is 0 Å². The number of rotatable bonds is 6. The van der Waals surface area contributed by atoms with Crippen LogP contribution in [0.3, 0.4) is 0 Å². The van der Waals surface area contributed by atoms with E-state index in [0.29, 0.717) is 12.2 Å². The summed E-state index contributed by atoms with van der Waals surface area (Å²) in [5.41, 5.74) is 1.78. The van der Waals surface area contributed by atoms with Crippen molar-refractivity contribution in [3.05, 3.63) is 58.6 Å². The molecule has 2 aromatic carbocycles. The van der Waals surface area contributed by atoms with Crippen molar-refractivity contribution in [2.75, 3.05) is 12.9 Å². The van der Waals surface area contributed by atoms with E-state index in [1.165, 1.54) is 0 Å². The SMILES string of the molecule is COc1ccc2c(c1)C(NC(=O)CSCc1ccc(Cl)cc1)CC(C)(C)O2. The topological polar surface area (TPSA) is 47.6 Å². The maximum atomic E-state index is 12.5. The highest BCUT2D eigenvalue weighted by atomic mass is 35.5. The second kappa shape index (κ2) is 8.44. The first-order chi connectivity index (χ1) is 12.9. The number of amides is 1. The maximum absolute atomic E-state index is 12.5. The fraction of sp³-hybridized carbons (Fsp3) is 0.381. The number of nitrogens with one attached hydrogen (secondary N) is 1. The number of carbonyl (C=O) groups excluding carboxylic acids is 1. The van der Waals surface area contributed by atoms with Crippen LogP contribution in [0.4, 0.5) is 0 Å². The molecular formula is C21H24ClNO3S. The van der Waals surface area contributed by atoms with Gasteiger partial charge in [-0.2, -0.15) is 0 Å². The van der Waals surface area contributed by atoms with Gasteiger partial charge in [0.1, 0.15) is 17.1 Å². The molecular weight excluding hydrogens is 382 g/mol. The maximum Gasteiger partial charge on any atom is 0.230 e. The molecule has 1 N–H and O–H groups in total. The molecule has 0 spiro atoms. The van der Waals surface area contributed by atoms with Crippen molar-refractivity contribution in [3.8, 4) is 11.5 Å². The van der Waals surface area contributed by atoms with E-state index in [9.17, 15) is 4.79 Å². The molecule has 6 heteroatoms. The van der Waals surface area contributed by atoms with Crippen LogP contribution in [0, 0.1) is 0 Å². The molecule has 0 aromatic heterocycles. The molecule has 27 heavy (non-hydrogen) atoms. The molecule has 1 heterocycles. The van der Waals surface area contributed by atoms with E-state index in [4.69, 9.17) is 21.1 Å². The summed E-state index contributed by atoms with van der Waals surface area (Å²) in [6.07, 6.45) is 0.709. The van der Waals surface area contributed by atoms with Crippen LogP contribution >= 0.6 is 23.4 Å². The van der Waals surface area contributed by atoms with E-state index < -0.39 is 0 Å². The van der Waals surface area contributed by atoms with E-state index in [1.54, 1.807) is 18.9 Å². The molecule has 144 valence electrons. The molecule has 0 bridgehead atoms. The molecule has 1 aliphatic rings. The van der Waals surface area contributed by atoms with Crippen LogP contribution in [0.1, 0.15) is 37.4 Å². The van der Waals surface area contributed by atoms with E-state index in [2.05, 4.69) is 5.32 Å². The molecule has 4 nitrogen and oxygen atoms in total. The lowest BCUT2D eigenvalue weighted by molar-refractivity contribution is -0.119. The Morgan fingerprint density at radius 3 is 2.74 bits per heavy atom. The number of carbonyl (C=O) groups is 1. The van der Waals surface area contributed by atoms with Crippen LogP contribution < -0.4 is 14.8 Å². The van der Waals surface area contributed by atoms with Crippen LogP contribution in [0.2, 0.25) is 5.02 Å². The van der Waals surface area contributed by atoms with Crippen molar-refractivity contribution in [2.45, 2.75) is 37.7 Å². The zero-order valence-electron chi connectivity index (χ0n) is 15.8. The highest BCUT2D eigenvalue weighted by Crippen LogP contribution is 2.41. The van der Waals surface area contributed by atoms with Crippen LogP contribution in [0.25, 0.3) is 0 Å². The van der Waals surface area contributed by atoms with Gasteiger partial charge >= 0.3 is 0 Å². The lowest BCUT2D eigenvalue weighted by Gasteiger charge is -2.38. The summed E-state index contributed by atoms with van der Waals surface area (Å²) in [7, 11) is 1.64. The summed E-state index contributed by atoms with van der Waals surface area (Å²) >= 11 is 7.49. The molecule has 0 saturated carbocycles. The highest BCUT2D eigenvalue weighted by Gasteiger charge is 2.34. The van der Waals surface area contributed by atoms with Crippen LogP contribution in [0.5, 0.6) is 11.5 Å². The number of methoxy groups -OCH3 is 1. The van der Waals surface area contributed by atoms with Gasteiger partial charge in [0.25, 0.3) is 0 Å². The quantitative estimate of drug-likeness (QED) is 0.734. The molecule has 1 aliphatic heterocycles. The van der Waals surface area contributed by atoms with Crippen LogP contribution in [-0.2, 0) is 10.5 Å². The first-order valence-corrected chi connectivity index (χ1v) is 10.4. The number of hydrogen-bond acceptors (Lipinski definition) is 4. The van der Waals surface area contributed by atoms with Gasteiger partial charge in [0.05, 0.1) is 18.9 Å². The molecule has 0 fully saturated rings. The highest BCUT2D eigenvalue weighted by molar-refractivity contribution is 7.99. The third-order valence-electron chi connectivity index (χ3n) is 4.42. The largest absolute Gasteiger partial charge is 0.497 e. The zero-order chi connectivity index (χ0) is 19.4. The predicted octanol–water partition coefficient (Wildman–Crippen LogP) is 5.00. The van der Waals surface area contributed by atoms with Gasteiger partial charge in [-0.15, -0.1) is 11.8 Å². The molecule has 1 amide bonds. The van der Waals surface area contributed by atoms with Crippen molar-refractivity contribution in [1.29, 1.82) is 0 Å². The number of halogens is 1. The molecule has 1 unspecified atom stereocenters.